The third kappa shape index (κ3) is 4.20. The van der Waals surface area contributed by atoms with Crippen molar-refractivity contribution in [2.24, 2.45) is 5.73 Å². The zero-order valence-electron chi connectivity index (χ0n) is 16.5. The Bertz CT molecular complexity index is 1150. The minimum absolute atomic E-state index is 0.0731. The number of carbonyl (C=O) groups excluding carboxylic acids is 1. The van der Waals surface area contributed by atoms with Crippen molar-refractivity contribution in [2.75, 3.05) is 0 Å². The molecule has 3 N–H and O–H groups in total. The standard InChI is InChI=1S/C26H24N2O/c1-18-5-8-20(9-6-18)21-10-12-22(13-11-21)26(29)28-17-24-4-2-3-23-15-19(16-27)7-14-25(23)24/h2-15H,16-17,27H2,1H3,(H,28,29). The molecule has 3 nitrogen and oxygen atoms in total. The summed E-state index contributed by atoms with van der Waals surface area (Å²) in [6.07, 6.45) is 0. The van der Waals surface area contributed by atoms with Crippen LogP contribution in [0.15, 0.2) is 84.9 Å². The molecular formula is C26H24N2O. The normalized spacial score (nSPS) is 10.8. The number of carbonyl (C=O) groups is 1. The first-order valence-electron chi connectivity index (χ1n) is 9.80. The number of amides is 1. The average Bonchev–Trinajstić information content (AvgIpc) is 2.77. The third-order valence-corrected chi connectivity index (χ3v) is 5.24. The lowest BCUT2D eigenvalue weighted by molar-refractivity contribution is 0.0951. The van der Waals surface area contributed by atoms with E-state index in [0.717, 1.165) is 33.0 Å². The Morgan fingerprint density at radius 2 is 1.55 bits per heavy atom. The van der Waals surface area contributed by atoms with Gasteiger partial charge < -0.3 is 11.1 Å². The summed E-state index contributed by atoms with van der Waals surface area (Å²) in [6, 6.07) is 28.5. The molecule has 0 heterocycles. The summed E-state index contributed by atoms with van der Waals surface area (Å²) in [4.78, 5) is 12.6. The predicted octanol–water partition coefficient (Wildman–Crippen LogP) is 5.20. The molecule has 0 atom stereocenters. The number of nitrogens with two attached hydrogens (primary N) is 1. The maximum absolute atomic E-state index is 12.6. The molecule has 0 aliphatic carbocycles. The SMILES string of the molecule is Cc1ccc(-c2ccc(C(=O)NCc3cccc4cc(CN)ccc34)cc2)cc1. The molecular weight excluding hydrogens is 356 g/mol. The van der Waals surface area contributed by atoms with Crippen LogP contribution in [0.4, 0.5) is 0 Å². The van der Waals surface area contributed by atoms with Crippen LogP contribution in [0.3, 0.4) is 0 Å². The predicted molar refractivity (Wildman–Crippen MR) is 120 cm³/mol. The number of aryl methyl sites for hydroxylation is 1. The molecule has 144 valence electrons. The molecule has 3 heteroatoms. The third-order valence-electron chi connectivity index (χ3n) is 5.24. The van der Waals surface area contributed by atoms with Crippen LogP contribution in [0.2, 0.25) is 0 Å². The fraction of sp³-hybridized carbons (Fsp3) is 0.115. The summed E-state index contributed by atoms with van der Waals surface area (Å²) in [7, 11) is 0. The van der Waals surface area contributed by atoms with E-state index < -0.39 is 0 Å². The number of rotatable bonds is 5. The lowest BCUT2D eigenvalue weighted by Crippen LogP contribution is -2.22. The summed E-state index contributed by atoms with van der Waals surface area (Å²) in [6.45, 7) is 3.08. The van der Waals surface area contributed by atoms with Crippen LogP contribution in [0.25, 0.3) is 21.9 Å². The van der Waals surface area contributed by atoms with Gasteiger partial charge in [0.2, 0.25) is 0 Å². The summed E-state index contributed by atoms with van der Waals surface area (Å²) >= 11 is 0. The molecule has 0 aliphatic rings. The molecule has 0 saturated carbocycles. The van der Waals surface area contributed by atoms with Crippen LogP contribution in [-0.4, -0.2) is 5.91 Å². The van der Waals surface area contributed by atoms with Gasteiger partial charge in [-0.1, -0.05) is 72.3 Å². The van der Waals surface area contributed by atoms with E-state index in [1.807, 2.05) is 42.5 Å². The number of benzene rings is 4. The van der Waals surface area contributed by atoms with Crippen molar-refractivity contribution < 1.29 is 4.79 Å². The Hall–Kier alpha value is -3.43. The Balaban J connectivity index is 1.47. The van der Waals surface area contributed by atoms with Gasteiger partial charge in [-0.05, 0) is 58.1 Å². The smallest absolute Gasteiger partial charge is 0.251 e. The van der Waals surface area contributed by atoms with Crippen LogP contribution in [0, 0.1) is 6.92 Å². The summed E-state index contributed by atoms with van der Waals surface area (Å²) in [5, 5.41) is 5.32. The molecule has 1 amide bonds. The maximum Gasteiger partial charge on any atom is 0.251 e. The van der Waals surface area contributed by atoms with Gasteiger partial charge in [-0.2, -0.15) is 0 Å². The van der Waals surface area contributed by atoms with Gasteiger partial charge in [0.15, 0.2) is 0 Å². The molecule has 0 aromatic heterocycles. The molecule has 0 spiro atoms. The highest BCUT2D eigenvalue weighted by Gasteiger charge is 2.08. The van der Waals surface area contributed by atoms with E-state index in [9.17, 15) is 4.79 Å². The Kier molecular flexibility index (Phi) is 5.41. The van der Waals surface area contributed by atoms with Crippen molar-refractivity contribution in [3.05, 3.63) is 107 Å². The Labute approximate surface area is 171 Å². The van der Waals surface area contributed by atoms with Gasteiger partial charge in [-0.15, -0.1) is 0 Å². The monoisotopic (exact) mass is 380 g/mol. The fourth-order valence-corrected chi connectivity index (χ4v) is 3.52. The van der Waals surface area contributed by atoms with Crippen molar-refractivity contribution in [2.45, 2.75) is 20.0 Å². The van der Waals surface area contributed by atoms with Crippen molar-refractivity contribution in [1.29, 1.82) is 0 Å². The van der Waals surface area contributed by atoms with E-state index >= 15 is 0 Å². The van der Waals surface area contributed by atoms with Crippen molar-refractivity contribution in [1.82, 2.24) is 5.32 Å². The minimum Gasteiger partial charge on any atom is -0.348 e. The quantitative estimate of drug-likeness (QED) is 0.500. The lowest BCUT2D eigenvalue weighted by atomic mass is 10.0. The van der Waals surface area contributed by atoms with Crippen molar-refractivity contribution in [3.63, 3.8) is 0 Å². The van der Waals surface area contributed by atoms with E-state index in [4.69, 9.17) is 5.73 Å². The van der Waals surface area contributed by atoms with E-state index in [0.29, 0.717) is 18.7 Å². The number of hydrogen-bond donors (Lipinski definition) is 2. The van der Waals surface area contributed by atoms with Gasteiger partial charge in [-0.25, -0.2) is 0 Å². The van der Waals surface area contributed by atoms with Gasteiger partial charge >= 0.3 is 0 Å². The molecule has 0 aliphatic heterocycles. The largest absolute Gasteiger partial charge is 0.348 e. The fourth-order valence-electron chi connectivity index (χ4n) is 3.52. The zero-order chi connectivity index (χ0) is 20.2. The molecule has 0 unspecified atom stereocenters. The molecule has 0 saturated heterocycles. The van der Waals surface area contributed by atoms with Gasteiger partial charge in [0.25, 0.3) is 5.91 Å². The number of fused-ring (bicyclic) bond motifs is 1. The van der Waals surface area contributed by atoms with Gasteiger partial charge in [0.1, 0.15) is 0 Å². The van der Waals surface area contributed by atoms with E-state index in [1.165, 1.54) is 5.56 Å². The number of nitrogens with one attached hydrogen (secondary N) is 1. The van der Waals surface area contributed by atoms with Crippen LogP contribution in [0.1, 0.15) is 27.0 Å². The molecule has 0 bridgehead atoms. The highest BCUT2D eigenvalue weighted by atomic mass is 16.1. The van der Waals surface area contributed by atoms with Crippen molar-refractivity contribution >= 4 is 16.7 Å². The van der Waals surface area contributed by atoms with Crippen LogP contribution in [0.5, 0.6) is 0 Å². The molecule has 4 rings (SSSR count). The maximum atomic E-state index is 12.6. The van der Waals surface area contributed by atoms with E-state index in [-0.39, 0.29) is 5.91 Å². The Morgan fingerprint density at radius 1 is 0.862 bits per heavy atom. The van der Waals surface area contributed by atoms with Gasteiger partial charge in [-0.3, -0.25) is 4.79 Å². The highest BCUT2D eigenvalue weighted by molar-refractivity contribution is 5.95. The summed E-state index contributed by atoms with van der Waals surface area (Å²) < 4.78 is 0. The summed E-state index contributed by atoms with van der Waals surface area (Å²) in [5.41, 5.74) is 12.1. The second-order valence-electron chi connectivity index (χ2n) is 7.30. The molecule has 0 fully saturated rings. The van der Waals surface area contributed by atoms with Crippen molar-refractivity contribution in [3.8, 4) is 11.1 Å². The van der Waals surface area contributed by atoms with Gasteiger partial charge in [0, 0.05) is 18.7 Å². The second-order valence-corrected chi connectivity index (χ2v) is 7.30. The minimum atomic E-state index is -0.0731. The molecule has 4 aromatic rings. The highest BCUT2D eigenvalue weighted by Crippen LogP contribution is 2.22. The second kappa shape index (κ2) is 8.29. The van der Waals surface area contributed by atoms with Gasteiger partial charge in [0.05, 0.1) is 0 Å². The number of hydrogen-bond acceptors (Lipinski definition) is 2. The first-order valence-corrected chi connectivity index (χ1v) is 9.80. The molecule has 0 radical (unpaired) electrons. The average molecular weight is 380 g/mol. The molecule has 29 heavy (non-hydrogen) atoms. The zero-order valence-corrected chi connectivity index (χ0v) is 16.5. The lowest BCUT2D eigenvalue weighted by Gasteiger charge is -2.10. The van der Waals surface area contributed by atoms with Crippen LogP contribution in [-0.2, 0) is 13.1 Å². The van der Waals surface area contributed by atoms with E-state index in [2.05, 4.69) is 54.7 Å². The molecule has 4 aromatic carbocycles. The van der Waals surface area contributed by atoms with Crippen LogP contribution >= 0.6 is 0 Å². The van der Waals surface area contributed by atoms with Crippen LogP contribution < -0.4 is 11.1 Å². The first kappa shape index (κ1) is 18.9. The van der Waals surface area contributed by atoms with E-state index in [1.54, 1.807) is 0 Å². The first-order chi connectivity index (χ1) is 14.1. The topological polar surface area (TPSA) is 55.1 Å². The summed E-state index contributed by atoms with van der Waals surface area (Å²) in [5.74, 6) is -0.0731. The Morgan fingerprint density at radius 3 is 2.24 bits per heavy atom.